The van der Waals surface area contributed by atoms with Crippen LogP contribution in [0.5, 0.6) is 0 Å². The van der Waals surface area contributed by atoms with Crippen LogP contribution in [0.4, 0.5) is 4.39 Å². The van der Waals surface area contributed by atoms with Crippen LogP contribution >= 0.6 is 0 Å². The zero-order valence-corrected chi connectivity index (χ0v) is 13.1. The summed E-state index contributed by atoms with van der Waals surface area (Å²) in [6, 6.07) is 9.87. The van der Waals surface area contributed by atoms with Crippen LogP contribution in [0.2, 0.25) is 0 Å². The number of hydrogen-bond acceptors (Lipinski definition) is 2. The van der Waals surface area contributed by atoms with Crippen LogP contribution in [0.15, 0.2) is 42.6 Å². The number of aromatic amines is 1. The average Bonchev–Trinajstić information content (AvgIpc) is 3.27. The number of H-pyrrole nitrogens is 1. The lowest BCUT2D eigenvalue weighted by atomic mass is 10.0. The van der Waals surface area contributed by atoms with E-state index in [1.807, 2.05) is 6.07 Å². The molecule has 2 aliphatic heterocycles. The summed E-state index contributed by atoms with van der Waals surface area (Å²) in [5.41, 5.74) is 1.35. The van der Waals surface area contributed by atoms with Gasteiger partial charge in [0.05, 0.1) is 5.92 Å². The highest BCUT2D eigenvalue weighted by Crippen LogP contribution is 2.33. The first kappa shape index (κ1) is 14.9. The summed E-state index contributed by atoms with van der Waals surface area (Å²) in [6.07, 6.45) is 1.72. The maximum atomic E-state index is 13.3. The highest BCUT2D eigenvalue weighted by molar-refractivity contribution is 5.93. The minimum absolute atomic E-state index is 0.0566. The van der Waals surface area contributed by atoms with Crippen molar-refractivity contribution in [1.29, 1.82) is 0 Å². The summed E-state index contributed by atoms with van der Waals surface area (Å²) in [7, 11) is 0. The number of halogens is 1. The van der Waals surface area contributed by atoms with E-state index in [-0.39, 0.29) is 29.5 Å². The molecular formula is C18H18FN3O2. The molecule has 4 rings (SSSR count). The van der Waals surface area contributed by atoms with Crippen LogP contribution < -0.4 is 0 Å². The van der Waals surface area contributed by atoms with Crippen molar-refractivity contribution in [1.82, 2.24) is 14.8 Å². The molecule has 5 nitrogen and oxygen atoms in total. The van der Waals surface area contributed by atoms with Crippen molar-refractivity contribution in [3.05, 3.63) is 59.7 Å². The smallest absolute Gasteiger partial charge is 0.270 e. The second-order valence-electron chi connectivity index (χ2n) is 6.51. The highest BCUT2D eigenvalue weighted by Gasteiger charge is 2.47. The Morgan fingerprint density at radius 3 is 2.79 bits per heavy atom. The van der Waals surface area contributed by atoms with Gasteiger partial charge < -0.3 is 14.8 Å². The molecule has 2 aromatic rings. The molecule has 0 spiro atoms. The maximum Gasteiger partial charge on any atom is 0.270 e. The maximum absolute atomic E-state index is 13.3. The van der Waals surface area contributed by atoms with E-state index >= 15 is 0 Å². The predicted molar refractivity (Wildman–Crippen MR) is 85.5 cm³/mol. The fraction of sp³-hybridized carbons (Fsp3) is 0.333. The lowest BCUT2D eigenvalue weighted by molar-refractivity contribution is -0.131. The number of fused-ring (bicyclic) bond motifs is 1. The van der Waals surface area contributed by atoms with Gasteiger partial charge in [0.25, 0.3) is 5.91 Å². The molecule has 0 radical (unpaired) electrons. The Morgan fingerprint density at radius 1 is 1.21 bits per heavy atom. The number of carbonyl (C=O) groups excluding carboxylic acids is 2. The third-order valence-electron chi connectivity index (χ3n) is 4.90. The minimum Gasteiger partial charge on any atom is -0.357 e. The van der Waals surface area contributed by atoms with Gasteiger partial charge in [-0.1, -0.05) is 12.1 Å². The number of likely N-dealkylation sites (tertiary alicyclic amines) is 2. The Morgan fingerprint density at radius 2 is 2.08 bits per heavy atom. The number of rotatable bonds is 3. The van der Waals surface area contributed by atoms with Crippen LogP contribution in [-0.2, 0) is 11.3 Å². The fourth-order valence-corrected chi connectivity index (χ4v) is 3.74. The number of nitrogens with one attached hydrogen (secondary N) is 1. The van der Waals surface area contributed by atoms with E-state index in [2.05, 4.69) is 4.98 Å². The molecule has 6 heteroatoms. The summed E-state index contributed by atoms with van der Waals surface area (Å²) >= 11 is 0. The van der Waals surface area contributed by atoms with Crippen molar-refractivity contribution in [2.24, 2.45) is 11.8 Å². The Balaban J connectivity index is 1.42. The molecule has 2 saturated heterocycles. The Hall–Kier alpha value is -2.63. The van der Waals surface area contributed by atoms with Gasteiger partial charge in [-0.05, 0) is 29.8 Å². The lowest BCUT2D eigenvalue weighted by Crippen LogP contribution is -2.35. The van der Waals surface area contributed by atoms with Crippen molar-refractivity contribution in [3.8, 4) is 0 Å². The Bertz CT molecular complexity index is 774. The van der Waals surface area contributed by atoms with E-state index in [4.69, 9.17) is 0 Å². The van der Waals surface area contributed by atoms with Crippen molar-refractivity contribution < 1.29 is 14.0 Å². The van der Waals surface area contributed by atoms with Gasteiger partial charge in [-0.3, -0.25) is 9.59 Å². The van der Waals surface area contributed by atoms with Gasteiger partial charge in [0.15, 0.2) is 0 Å². The van der Waals surface area contributed by atoms with Crippen molar-refractivity contribution in [2.75, 3.05) is 19.6 Å². The molecule has 2 fully saturated rings. The first-order valence-corrected chi connectivity index (χ1v) is 8.08. The topological polar surface area (TPSA) is 56.4 Å². The van der Waals surface area contributed by atoms with Crippen molar-refractivity contribution in [2.45, 2.75) is 6.54 Å². The minimum atomic E-state index is -0.290. The van der Waals surface area contributed by atoms with Gasteiger partial charge in [0.1, 0.15) is 11.5 Å². The molecule has 0 saturated carbocycles. The summed E-state index contributed by atoms with van der Waals surface area (Å²) in [5, 5.41) is 0. The zero-order chi connectivity index (χ0) is 16.7. The molecule has 3 heterocycles. The zero-order valence-electron chi connectivity index (χ0n) is 13.1. The van der Waals surface area contributed by atoms with Crippen LogP contribution in [0.25, 0.3) is 0 Å². The van der Waals surface area contributed by atoms with Gasteiger partial charge in [-0.2, -0.15) is 0 Å². The number of nitrogens with zero attached hydrogens (tertiary/aromatic N) is 2. The summed E-state index contributed by atoms with van der Waals surface area (Å²) in [4.78, 5) is 31.4. The van der Waals surface area contributed by atoms with E-state index in [0.717, 1.165) is 5.56 Å². The molecule has 0 unspecified atom stereocenters. The monoisotopic (exact) mass is 327 g/mol. The average molecular weight is 327 g/mol. The Kier molecular flexibility index (Phi) is 3.59. The molecule has 24 heavy (non-hydrogen) atoms. The van der Waals surface area contributed by atoms with E-state index < -0.39 is 0 Å². The number of amides is 2. The molecule has 0 bridgehead atoms. The third-order valence-corrected chi connectivity index (χ3v) is 4.90. The second kappa shape index (κ2) is 5.78. The molecule has 124 valence electrons. The molecule has 1 N–H and O–H groups in total. The van der Waals surface area contributed by atoms with Gasteiger partial charge in [0, 0.05) is 38.3 Å². The number of carbonyl (C=O) groups is 2. The van der Waals surface area contributed by atoms with E-state index in [9.17, 15) is 14.0 Å². The predicted octanol–water partition coefficient (Wildman–Crippen LogP) is 1.88. The largest absolute Gasteiger partial charge is 0.357 e. The van der Waals surface area contributed by atoms with Crippen molar-refractivity contribution >= 4 is 11.8 Å². The van der Waals surface area contributed by atoms with Gasteiger partial charge >= 0.3 is 0 Å². The fourth-order valence-electron chi connectivity index (χ4n) is 3.74. The first-order chi connectivity index (χ1) is 11.6. The third kappa shape index (κ3) is 2.58. The second-order valence-corrected chi connectivity index (χ2v) is 6.51. The van der Waals surface area contributed by atoms with Crippen LogP contribution in [0, 0.1) is 17.7 Å². The summed E-state index contributed by atoms with van der Waals surface area (Å²) in [6.45, 7) is 2.09. The normalized spacial score (nSPS) is 23.0. The summed E-state index contributed by atoms with van der Waals surface area (Å²) < 4.78 is 13.3. The van der Waals surface area contributed by atoms with Crippen LogP contribution in [0.3, 0.4) is 0 Å². The molecule has 2 amide bonds. The quantitative estimate of drug-likeness (QED) is 0.936. The number of aromatic nitrogens is 1. The van der Waals surface area contributed by atoms with Gasteiger partial charge in [0.2, 0.25) is 5.91 Å². The van der Waals surface area contributed by atoms with E-state index in [0.29, 0.717) is 31.9 Å². The van der Waals surface area contributed by atoms with Crippen LogP contribution in [0.1, 0.15) is 16.1 Å². The molecule has 0 aliphatic carbocycles. The first-order valence-electron chi connectivity index (χ1n) is 8.08. The number of benzene rings is 1. The Labute approximate surface area is 139 Å². The van der Waals surface area contributed by atoms with Gasteiger partial charge in [-0.15, -0.1) is 0 Å². The summed E-state index contributed by atoms with van der Waals surface area (Å²) in [5.74, 6) is -0.269. The van der Waals surface area contributed by atoms with Crippen LogP contribution in [-0.4, -0.2) is 46.2 Å². The lowest BCUT2D eigenvalue weighted by Gasteiger charge is -2.21. The number of hydrogen-bond donors (Lipinski definition) is 1. The van der Waals surface area contributed by atoms with Crippen molar-refractivity contribution in [3.63, 3.8) is 0 Å². The van der Waals surface area contributed by atoms with E-state index in [1.165, 1.54) is 12.1 Å². The standard InChI is InChI=1S/C18H18FN3O2/c19-14-4-1-3-12(7-14)8-21-9-13-10-22(11-15(13)17(21)23)18(24)16-5-2-6-20-16/h1-7,13,15,20H,8-11H2/t13-,15+/m1/s1. The molecule has 1 aromatic heterocycles. The molecule has 1 aromatic carbocycles. The van der Waals surface area contributed by atoms with E-state index in [1.54, 1.807) is 34.2 Å². The highest BCUT2D eigenvalue weighted by atomic mass is 19.1. The van der Waals surface area contributed by atoms with Gasteiger partial charge in [-0.25, -0.2) is 4.39 Å². The molecule has 2 aliphatic rings. The molecular weight excluding hydrogens is 309 g/mol. The molecule has 2 atom stereocenters. The SMILES string of the molecule is O=C(c1ccc[nH]1)N1C[C@H]2CN(Cc3cccc(F)c3)C(=O)[C@H]2C1.